The Labute approximate surface area is 170 Å². The van der Waals surface area contributed by atoms with E-state index in [4.69, 9.17) is 23.2 Å². The molecule has 0 saturated carbocycles. The van der Waals surface area contributed by atoms with Gasteiger partial charge in [-0.1, -0.05) is 43.1 Å². The van der Waals surface area contributed by atoms with Crippen LogP contribution in [0.5, 0.6) is 0 Å². The van der Waals surface area contributed by atoms with E-state index in [2.05, 4.69) is 10.3 Å². The molecule has 0 bridgehead atoms. The summed E-state index contributed by atoms with van der Waals surface area (Å²) >= 11 is 12.0. The number of carbonyl (C=O) groups is 1. The number of halogens is 5. The van der Waals surface area contributed by atoms with Crippen LogP contribution in [0.25, 0.3) is 5.69 Å². The molecular formula is C18H17Cl2F3N4O. The third-order valence-corrected chi connectivity index (χ3v) is 4.49. The molecule has 28 heavy (non-hydrogen) atoms. The van der Waals surface area contributed by atoms with Crippen molar-refractivity contribution in [3.05, 3.63) is 46.0 Å². The van der Waals surface area contributed by atoms with Crippen LogP contribution < -0.4 is 5.32 Å². The van der Waals surface area contributed by atoms with E-state index in [0.29, 0.717) is 4.57 Å². The minimum absolute atomic E-state index is 0.0338. The Morgan fingerprint density at radius 1 is 1.32 bits per heavy atom. The van der Waals surface area contributed by atoms with Gasteiger partial charge in [-0.15, -0.1) is 0 Å². The maximum absolute atomic E-state index is 13.8. The Hall–Kier alpha value is -2.24. The molecule has 0 aliphatic rings. The molecule has 10 heteroatoms. The number of nitrogens with one attached hydrogen (secondary N) is 1. The predicted octanol–water partition coefficient (Wildman–Crippen LogP) is 5.26. The second kappa shape index (κ2) is 8.02. The van der Waals surface area contributed by atoms with Crippen molar-refractivity contribution < 1.29 is 18.0 Å². The van der Waals surface area contributed by atoms with Gasteiger partial charge in [0.1, 0.15) is 11.9 Å². The van der Waals surface area contributed by atoms with Crippen molar-refractivity contribution in [2.24, 2.45) is 5.92 Å². The van der Waals surface area contributed by atoms with Crippen LogP contribution in [0.4, 0.5) is 13.2 Å². The number of imidazole rings is 1. The van der Waals surface area contributed by atoms with E-state index in [0.717, 1.165) is 6.33 Å². The number of nitrogens with zero attached hydrogens (tertiary/aromatic N) is 3. The molecular weight excluding hydrogens is 416 g/mol. The van der Waals surface area contributed by atoms with E-state index < -0.39 is 29.0 Å². The average molecular weight is 433 g/mol. The third kappa shape index (κ3) is 4.59. The molecule has 1 amide bonds. The molecule has 1 aromatic carbocycles. The highest BCUT2D eigenvalue weighted by Crippen LogP contribution is 2.37. The molecule has 0 spiro atoms. The summed E-state index contributed by atoms with van der Waals surface area (Å²) in [5, 5.41) is 11.6. The van der Waals surface area contributed by atoms with Crippen molar-refractivity contribution in [3.8, 4) is 11.8 Å². The molecule has 0 aliphatic heterocycles. The molecule has 0 saturated heterocycles. The quantitative estimate of drug-likeness (QED) is 0.700. The first-order chi connectivity index (χ1) is 12.9. The summed E-state index contributed by atoms with van der Waals surface area (Å²) in [5.41, 5.74) is -3.69. The zero-order chi connectivity index (χ0) is 21.3. The fourth-order valence-electron chi connectivity index (χ4n) is 2.93. The zero-order valence-corrected chi connectivity index (χ0v) is 16.7. The van der Waals surface area contributed by atoms with Gasteiger partial charge < -0.3 is 5.32 Å². The van der Waals surface area contributed by atoms with Crippen molar-refractivity contribution in [1.82, 2.24) is 14.9 Å². The summed E-state index contributed by atoms with van der Waals surface area (Å²) in [6, 6.07) is 6.16. The van der Waals surface area contributed by atoms with E-state index in [1.807, 2.05) is 19.9 Å². The number of hydrogen-bond acceptors (Lipinski definition) is 3. The van der Waals surface area contributed by atoms with Gasteiger partial charge in [0.2, 0.25) is 0 Å². The lowest BCUT2D eigenvalue weighted by atomic mass is 9.92. The highest BCUT2D eigenvalue weighted by Gasteiger charge is 2.42. The van der Waals surface area contributed by atoms with Gasteiger partial charge in [0.25, 0.3) is 5.91 Å². The highest BCUT2D eigenvalue weighted by atomic mass is 35.5. The molecule has 0 aliphatic carbocycles. The Kier molecular flexibility index (Phi) is 6.31. The number of alkyl halides is 3. The minimum Gasteiger partial charge on any atom is -0.333 e. The Bertz CT molecular complexity index is 914. The normalized spacial score (nSPS) is 13.9. The Morgan fingerprint density at radius 3 is 2.36 bits per heavy atom. The molecule has 0 fully saturated rings. The number of rotatable bonds is 5. The van der Waals surface area contributed by atoms with Crippen LogP contribution in [0.3, 0.4) is 0 Å². The highest BCUT2D eigenvalue weighted by molar-refractivity contribution is 6.37. The number of benzene rings is 1. The van der Waals surface area contributed by atoms with Gasteiger partial charge >= 0.3 is 6.18 Å². The number of para-hydroxylation sites is 1. The lowest BCUT2D eigenvalue weighted by Gasteiger charge is -2.25. The summed E-state index contributed by atoms with van der Waals surface area (Å²) in [6.07, 6.45) is -3.84. The summed E-state index contributed by atoms with van der Waals surface area (Å²) in [5.74, 6) is -1.08. The number of aromatic nitrogens is 2. The van der Waals surface area contributed by atoms with Gasteiger partial charge in [-0.3, -0.25) is 9.36 Å². The molecule has 2 rings (SSSR count). The molecule has 150 valence electrons. The summed E-state index contributed by atoms with van der Waals surface area (Å²) in [4.78, 5) is 16.2. The fraction of sp³-hybridized carbons (Fsp3) is 0.389. The predicted molar refractivity (Wildman–Crippen MR) is 99.5 cm³/mol. The van der Waals surface area contributed by atoms with Gasteiger partial charge in [0.15, 0.2) is 11.4 Å². The Balaban J connectivity index is 2.57. The van der Waals surface area contributed by atoms with Gasteiger partial charge in [0.05, 0.1) is 21.8 Å². The van der Waals surface area contributed by atoms with Crippen molar-refractivity contribution in [1.29, 1.82) is 5.26 Å². The van der Waals surface area contributed by atoms with Gasteiger partial charge in [-0.25, -0.2) is 4.98 Å². The van der Waals surface area contributed by atoms with Crippen LogP contribution in [-0.4, -0.2) is 21.0 Å². The number of hydrogen-bond donors (Lipinski definition) is 1. The summed E-state index contributed by atoms with van der Waals surface area (Å²) in [6.45, 7) is 5.11. The van der Waals surface area contributed by atoms with Crippen molar-refractivity contribution in [2.45, 2.75) is 38.9 Å². The Morgan fingerprint density at radius 2 is 1.89 bits per heavy atom. The first-order valence-corrected chi connectivity index (χ1v) is 8.98. The van der Waals surface area contributed by atoms with Gasteiger partial charge in [-0.2, -0.15) is 18.4 Å². The molecule has 5 nitrogen and oxygen atoms in total. The second-order valence-corrected chi connectivity index (χ2v) is 7.69. The van der Waals surface area contributed by atoms with Crippen LogP contribution in [0.2, 0.25) is 10.0 Å². The third-order valence-electron chi connectivity index (χ3n) is 3.88. The zero-order valence-electron chi connectivity index (χ0n) is 15.2. The van der Waals surface area contributed by atoms with Crippen molar-refractivity contribution in [3.63, 3.8) is 0 Å². The average Bonchev–Trinajstić information content (AvgIpc) is 2.99. The number of amides is 1. The summed E-state index contributed by atoms with van der Waals surface area (Å²) in [7, 11) is 0. The van der Waals surface area contributed by atoms with Crippen molar-refractivity contribution in [2.75, 3.05) is 0 Å². The standard InChI is InChI=1S/C18H17Cl2F3N4O/c1-10(2)7-17(3,8-24)26-16(28)13-15(18(21,22)23)27(9-25-13)14-11(19)5-4-6-12(14)20/h4-6,9-10H,7H2,1-3H3,(H,26,28). The van der Waals surface area contributed by atoms with Crippen LogP contribution >= 0.6 is 23.2 Å². The largest absolute Gasteiger partial charge is 0.434 e. The van der Waals surface area contributed by atoms with E-state index >= 15 is 0 Å². The van der Waals surface area contributed by atoms with E-state index in [1.54, 1.807) is 0 Å². The second-order valence-electron chi connectivity index (χ2n) is 6.88. The van der Waals surface area contributed by atoms with Crippen LogP contribution in [0.1, 0.15) is 43.4 Å². The smallest absolute Gasteiger partial charge is 0.333 e. The van der Waals surface area contributed by atoms with Crippen LogP contribution in [0, 0.1) is 17.2 Å². The lowest BCUT2D eigenvalue weighted by Crippen LogP contribution is -2.46. The lowest BCUT2D eigenvalue weighted by molar-refractivity contribution is -0.142. The summed E-state index contributed by atoms with van der Waals surface area (Å²) < 4.78 is 42.0. The topological polar surface area (TPSA) is 70.7 Å². The van der Waals surface area contributed by atoms with E-state index in [-0.39, 0.29) is 28.1 Å². The number of nitriles is 1. The van der Waals surface area contributed by atoms with Gasteiger partial charge in [-0.05, 0) is 31.4 Å². The molecule has 2 aromatic rings. The maximum Gasteiger partial charge on any atom is 0.434 e. The fourth-order valence-corrected chi connectivity index (χ4v) is 3.50. The van der Waals surface area contributed by atoms with E-state index in [1.165, 1.54) is 25.1 Å². The molecule has 1 unspecified atom stereocenters. The maximum atomic E-state index is 13.8. The molecule has 1 heterocycles. The van der Waals surface area contributed by atoms with Crippen molar-refractivity contribution >= 4 is 29.1 Å². The molecule has 1 atom stereocenters. The van der Waals surface area contributed by atoms with Crippen LogP contribution in [-0.2, 0) is 6.18 Å². The first kappa shape index (κ1) is 22.1. The first-order valence-electron chi connectivity index (χ1n) is 8.22. The monoisotopic (exact) mass is 432 g/mol. The molecule has 0 radical (unpaired) electrons. The number of carbonyl (C=O) groups excluding carboxylic acids is 1. The molecule has 1 N–H and O–H groups in total. The van der Waals surface area contributed by atoms with Gasteiger partial charge in [0, 0.05) is 0 Å². The minimum atomic E-state index is -4.92. The molecule has 1 aromatic heterocycles. The van der Waals surface area contributed by atoms with E-state index in [9.17, 15) is 23.2 Å². The van der Waals surface area contributed by atoms with Crippen LogP contribution in [0.15, 0.2) is 24.5 Å². The SMILES string of the molecule is CC(C)CC(C)(C#N)NC(=O)c1ncn(-c2c(Cl)cccc2Cl)c1C(F)(F)F.